The van der Waals surface area contributed by atoms with Crippen molar-refractivity contribution in [2.45, 2.75) is 12.4 Å². The topological polar surface area (TPSA) is 149 Å². The molecule has 0 aliphatic rings. The maximum atomic E-state index is 11.7. The molecular weight excluding hydrogens is 335 g/mol. The van der Waals surface area contributed by atoms with Crippen molar-refractivity contribution >= 4 is 24.6 Å². The third-order valence-electron chi connectivity index (χ3n) is 3.33. The summed E-state index contributed by atoms with van der Waals surface area (Å²) in [5, 5.41) is 0. The number of nitrogen functional groups attached to an aromatic ring is 1. The van der Waals surface area contributed by atoms with E-state index in [9.17, 15) is 14.4 Å². The molecular formula is C13H15N6O4P. The Labute approximate surface area is 136 Å². The van der Waals surface area contributed by atoms with Gasteiger partial charge in [0, 0.05) is 18.9 Å². The summed E-state index contributed by atoms with van der Waals surface area (Å²) in [5.41, 5.74) is 7.07. The Balaban J connectivity index is 1.74. The summed E-state index contributed by atoms with van der Waals surface area (Å²) < 4.78 is 18.8. The highest BCUT2D eigenvalue weighted by Crippen LogP contribution is 2.52. The number of ether oxygens (including phenoxy) is 1. The molecule has 3 aromatic rings. The number of nitrogens with zero attached hydrogens (tertiary/aromatic N) is 5. The van der Waals surface area contributed by atoms with Gasteiger partial charge in [-0.1, -0.05) is 0 Å². The fraction of sp³-hybridized carbons (Fsp3) is 0.231. The lowest BCUT2D eigenvalue weighted by Gasteiger charge is -2.19. The zero-order valence-electron chi connectivity index (χ0n) is 12.4. The summed E-state index contributed by atoms with van der Waals surface area (Å²) in [4.78, 5) is 34.9. The van der Waals surface area contributed by atoms with E-state index in [1.54, 1.807) is 4.57 Å². The third-order valence-corrected chi connectivity index (χ3v) is 4.39. The molecule has 126 valence electrons. The zero-order valence-corrected chi connectivity index (χ0v) is 13.3. The average Bonchev–Trinajstić information content (AvgIpc) is 2.96. The standard InChI is InChI=1S/C13H15N6O4P/c14-11-10-12(17-7-16-11)19(8-18-10)5-6-23-13(24(20,21)22)9-1-3-15-4-2-9/h1-4,7-8,13H,5-6H2,(H2,14,16,17)(H2,20,21,22). The van der Waals surface area contributed by atoms with Gasteiger partial charge < -0.3 is 24.8 Å². The smallest absolute Gasteiger partial charge is 0.358 e. The Morgan fingerprint density at radius 2 is 2.00 bits per heavy atom. The van der Waals surface area contributed by atoms with Crippen molar-refractivity contribution < 1.29 is 19.1 Å². The molecule has 3 heterocycles. The molecule has 0 saturated carbocycles. The molecule has 3 aromatic heterocycles. The van der Waals surface area contributed by atoms with Crippen LogP contribution >= 0.6 is 7.60 Å². The van der Waals surface area contributed by atoms with E-state index in [2.05, 4.69) is 19.9 Å². The lowest BCUT2D eigenvalue weighted by atomic mass is 10.3. The first-order chi connectivity index (χ1) is 11.5. The van der Waals surface area contributed by atoms with Gasteiger partial charge in [0.15, 0.2) is 17.3 Å². The van der Waals surface area contributed by atoms with Crippen molar-refractivity contribution in [3.05, 3.63) is 42.7 Å². The second-order valence-corrected chi connectivity index (χ2v) is 6.61. The highest BCUT2D eigenvalue weighted by atomic mass is 31.2. The molecule has 0 spiro atoms. The van der Waals surface area contributed by atoms with Crippen LogP contribution in [-0.4, -0.2) is 40.9 Å². The first-order valence-corrected chi connectivity index (χ1v) is 8.63. The van der Waals surface area contributed by atoms with E-state index in [-0.39, 0.29) is 12.4 Å². The second-order valence-electron chi connectivity index (χ2n) is 4.96. The number of fused-ring (bicyclic) bond motifs is 1. The maximum absolute atomic E-state index is 11.7. The highest BCUT2D eigenvalue weighted by Gasteiger charge is 2.31. The van der Waals surface area contributed by atoms with Gasteiger partial charge in [0.1, 0.15) is 11.8 Å². The summed E-state index contributed by atoms with van der Waals surface area (Å²) in [6.07, 6.45) is 5.75. The monoisotopic (exact) mass is 350 g/mol. The Bertz CT molecular complexity index is 881. The summed E-state index contributed by atoms with van der Waals surface area (Å²) in [6.45, 7) is 0.349. The number of hydrogen-bond donors (Lipinski definition) is 3. The molecule has 0 aliphatic carbocycles. The van der Waals surface area contributed by atoms with Crippen molar-refractivity contribution in [1.29, 1.82) is 0 Å². The molecule has 0 saturated heterocycles. The Morgan fingerprint density at radius 3 is 2.71 bits per heavy atom. The van der Waals surface area contributed by atoms with Crippen molar-refractivity contribution in [1.82, 2.24) is 24.5 Å². The van der Waals surface area contributed by atoms with Gasteiger partial charge in [0.05, 0.1) is 12.9 Å². The summed E-state index contributed by atoms with van der Waals surface area (Å²) in [5.74, 6) is -1.08. The number of rotatable bonds is 6. The van der Waals surface area contributed by atoms with Gasteiger partial charge in [-0.15, -0.1) is 0 Å². The van der Waals surface area contributed by atoms with Crippen LogP contribution in [0.3, 0.4) is 0 Å². The van der Waals surface area contributed by atoms with Gasteiger partial charge in [-0.25, -0.2) is 15.0 Å². The molecule has 4 N–H and O–H groups in total. The van der Waals surface area contributed by atoms with Crippen LogP contribution in [0.15, 0.2) is 37.2 Å². The molecule has 10 nitrogen and oxygen atoms in total. The number of nitrogens with two attached hydrogens (primary N) is 1. The van der Waals surface area contributed by atoms with Crippen molar-refractivity contribution in [2.75, 3.05) is 12.3 Å². The molecule has 1 atom stereocenters. The van der Waals surface area contributed by atoms with Crippen molar-refractivity contribution in [3.63, 3.8) is 0 Å². The largest absolute Gasteiger partial charge is 0.382 e. The summed E-state index contributed by atoms with van der Waals surface area (Å²) in [6, 6.07) is 3.01. The van der Waals surface area contributed by atoms with Crippen LogP contribution in [0.4, 0.5) is 5.82 Å². The zero-order chi connectivity index (χ0) is 17.2. The molecule has 0 fully saturated rings. The quantitative estimate of drug-likeness (QED) is 0.546. The van der Waals surface area contributed by atoms with Crippen molar-refractivity contribution in [2.24, 2.45) is 0 Å². The first kappa shape index (κ1) is 16.5. The van der Waals surface area contributed by atoms with E-state index in [4.69, 9.17) is 10.5 Å². The number of pyridine rings is 1. The number of anilines is 1. The molecule has 3 rings (SSSR count). The molecule has 24 heavy (non-hydrogen) atoms. The first-order valence-electron chi connectivity index (χ1n) is 6.95. The normalized spacial score (nSPS) is 13.2. The third kappa shape index (κ3) is 3.41. The number of hydrogen-bond acceptors (Lipinski definition) is 7. The van der Waals surface area contributed by atoms with E-state index in [0.717, 1.165) is 0 Å². The Morgan fingerprint density at radius 1 is 1.25 bits per heavy atom. The van der Waals surface area contributed by atoms with Gasteiger partial charge in [-0.3, -0.25) is 9.55 Å². The van der Waals surface area contributed by atoms with Gasteiger partial charge in [0.25, 0.3) is 0 Å². The highest BCUT2D eigenvalue weighted by molar-refractivity contribution is 7.52. The second kappa shape index (κ2) is 6.62. The van der Waals surface area contributed by atoms with E-state index in [1.165, 1.54) is 37.2 Å². The minimum atomic E-state index is -4.48. The van der Waals surface area contributed by atoms with Crippen LogP contribution < -0.4 is 5.73 Å². The summed E-state index contributed by atoms with van der Waals surface area (Å²) in [7, 11) is -4.48. The van der Waals surface area contributed by atoms with Gasteiger partial charge in [0.2, 0.25) is 0 Å². The molecule has 0 amide bonds. The van der Waals surface area contributed by atoms with E-state index < -0.39 is 13.4 Å². The Hall–Kier alpha value is -2.39. The minimum Gasteiger partial charge on any atom is -0.382 e. The predicted octanol–water partition coefficient (Wildman–Crippen LogP) is 0.697. The van der Waals surface area contributed by atoms with E-state index in [0.29, 0.717) is 23.3 Å². The van der Waals surface area contributed by atoms with E-state index >= 15 is 0 Å². The number of aromatic nitrogens is 5. The number of imidazole rings is 1. The van der Waals surface area contributed by atoms with Crippen LogP contribution in [0.1, 0.15) is 11.4 Å². The predicted molar refractivity (Wildman–Crippen MR) is 84.7 cm³/mol. The fourth-order valence-electron chi connectivity index (χ4n) is 2.24. The fourth-order valence-corrected chi connectivity index (χ4v) is 3.10. The average molecular weight is 350 g/mol. The van der Waals surface area contributed by atoms with Gasteiger partial charge >= 0.3 is 7.60 Å². The lowest BCUT2D eigenvalue weighted by Crippen LogP contribution is -2.11. The van der Waals surface area contributed by atoms with Gasteiger partial charge in [-0.2, -0.15) is 0 Å². The molecule has 0 aromatic carbocycles. The Kier molecular flexibility index (Phi) is 4.54. The van der Waals surface area contributed by atoms with Crippen LogP contribution in [0.5, 0.6) is 0 Å². The SMILES string of the molecule is Nc1ncnc2c1ncn2CCOC(c1ccncc1)P(=O)(O)O. The molecule has 11 heteroatoms. The summed E-state index contributed by atoms with van der Waals surface area (Å²) >= 11 is 0. The van der Waals surface area contributed by atoms with E-state index in [1.807, 2.05) is 0 Å². The minimum absolute atomic E-state index is 0.0491. The molecule has 1 unspecified atom stereocenters. The maximum Gasteiger partial charge on any atom is 0.358 e. The molecule has 0 bridgehead atoms. The van der Waals surface area contributed by atoms with Crippen LogP contribution in [0.25, 0.3) is 11.2 Å². The van der Waals surface area contributed by atoms with Crippen molar-refractivity contribution in [3.8, 4) is 0 Å². The van der Waals surface area contributed by atoms with Crippen LogP contribution in [0.2, 0.25) is 0 Å². The molecule has 0 aliphatic heterocycles. The molecule has 0 radical (unpaired) electrons. The van der Waals surface area contributed by atoms with Crippen LogP contribution in [-0.2, 0) is 15.8 Å². The van der Waals surface area contributed by atoms with Gasteiger partial charge in [-0.05, 0) is 17.7 Å². The van der Waals surface area contributed by atoms with Crippen LogP contribution in [0, 0.1) is 0 Å². The lowest BCUT2D eigenvalue weighted by molar-refractivity contribution is 0.0801.